The van der Waals surface area contributed by atoms with Crippen LogP contribution in [0.4, 0.5) is 5.69 Å². The lowest BCUT2D eigenvalue weighted by Gasteiger charge is -2.34. The zero-order chi connectivity index (χ0) is 17.2. The van der Waals surface area contributed by atoms with E-state index < -0.39 is 0 Å². The van der Waals surface area contributed by atoms with Gasteiger partial charge in [-0.05, 0) is 37.5 Å². The molecule has 1 aliphatic heterocycles. The minimum absolute atomic E-state index is 0.350. The summed E-state index contributed by atoms with van der Waals surface area (Å²) in [5, 5.41) is 1.20. The van der Waals surface area contributed by atoms with Gasteiger partial charge in [-0.1, -0.05) is 54.1 Å². The summed E-state index contributed by atoms with van der Waals surface area (Å²) in [4.78, 5) is 10.2. The van der Waals surface area contributed by atoms with Gasteiger partial charge in [-0.25, -0.2) is 4.98 Å². The number of aromatic amines is 1. The third-order valence-corrected chi connectivity index (χ3v) is 4.97. The maximum atomic E-state index is 4.59. The van der Waals surface area contributed by atoms with Gasteiger partial charge in [0.05, 0.1) is 17.9 Å². The van der Waals surface area contributed by atoms with E-state index in [4.69, 9.17) is 0 Å². The number of benzene rings is 1. The number of hydrogen-bond acceptors (Lipinski definition) is 2. The lowest BCUT2D eigenvalue weighted by molar-refractivity contribution is 0.704. The fourth-order valence-corrected chi connectivity index (χ4v) is 3.47. The predicted octanol–water partition coefficient (Wildman–Crippen LogP) is 5.03. The number of pyridine rings is 1. The fraction of sp³-hybridized carbons (Fsp3) is 0.227. The van der Waals surface area contributed by atoms with Gasteiger partial charge in [-0.15, -0.1) is 0 Å². The van der Waals surface area contributed by atoms with E-state index in [1.165, 1.54) is 27.8 Å². The van der Waals surface area contributed by atoms with Gasteiger partial charge >= 0.3 is 0 Å². The van der Waals surface area contributed by atoms with Crippen molar-refractivity contribution >= 4 is 22.8 Å². The second-order valence-electron chi connectivity index (χ2n) is 6.71. The summed E-state index contributed by atoms with van der Waals surface area (Å²) in [5.74, 6) is 0. The Balaban J connectivity index is 1.65. The highest BCUT2D eigenvalue weighted by Crippen LogP contribution is 2.30. The van der Waals surface area contributed by atoms with Gasteiger partial charge in [0.2, 0.25) is 0 Å². The van der Waals surface area contributed by atoms with Crippen LogP contribution in [0.2, 0.25) is 0 Å². The van der Waals surface area contributed by atoms with Crippen LogP contribution in [0.5, 0.6) is 0 Å². The standard InChI is InChI=1S/C22H23N3/c1-16-6-8-18(9-7-16)10-11-19-5-3-4-14-25(19)21-15-24-22-20(17(21)2)12-13-23-22/h3-4,6-13,15,19H,5,14H2,1-2H3,(H,23,24). The monoisotopic (exact) mass is 329 g/mol. The molecule has 3 heterocycles. The highest BCUT2D eigenvalue weighted by molar-refractivity contribution is 5.84. The number of aromatic nitrogens is 2. The molecule has 0 aliphatic carbocycles. The number of fused-ring (bicyclic) bond motifs is 1. The molecule has 0 saturated heterocycles. The van der Waals surface area contributed by atoms with Crippen molar-refractivity contribution in [3.8, 4) is 0 Å². The third kappa shape index (κ3) is 3.10. The summed E-state index contributed by atoms with van der Waals surface area (Å²) in [7, 11) is 0. The fourth-order valence-electron chi connectivity index (χ4n) is 3.47. The van der Waals surface area contributed by atoms with Crippen LogP contribution in [0.15, 0.2) is 61.0 Å². The first-order valence-electron chi connectivity index (χ1n) is 8.81. The average molecular weight is 329 g/mol. The lowest BCUT2D eigenvalue weighted by atomic mass is 10.0. The third-order valence-electron chi connectivity index (χ3n) is 4.97. The largest absolute Gasteiger partial charge is 0.360 e. The minimum Gasteiger partial charge on any atom is -0.360 e. The Labute approximate surface area is 148 Å². The molecule has 1 aromatic carbocycles. The van der Waals surface area contributed by atoms with Crippen molar-refractivity contribution in [2.45, 2.75) is 26.3 Å². The first-order chi connectivity index (χ1) is 12.2. The van der Waals surface area contributed by atoms with Crippen LogP contribution in [0, 0.1) is 13.8 Å². The van der Waals surface area contributed by atoms with Crippen molar-refractivity contribution in [2.75, 3.05) is 11.4 Å². The maximum absolute atomic E-state index is 4.59. The smallest absolute Gasteiger partial charge is 0.137 e. The summed E-state index contributed by atoms with van der Waals surface area (Å²) in [6, 6.07) is 11.1. The zero-order valence-corrected chi connectivity index (χ0v) is 14.7. The zero-order valence-electron chi connectivity index (χ0n) is 14.7. The molecule has 0 spiro atoms. The second-order valence-corrected chi connectivity index (χ2v) is 6.71. The predicted molar refractivity (Wildman–Crippen MR) is 106 cm³/mol. The van der Waals surface area contributed by atoms with Gasteiger partial charge in [-0.3, -0.25) is 0 Å². The van der Waals surface area contributed by atoms with Crippen molar-refractivity contribution < 1.29 is 0 Å². The molecule has 0 fully saturated rings. The van der Waals surface area contributed by atoms with Crippen molar-refractivity contribution in [3.63, 3.8) is 0 Å². The van der Waals surface area contributed by atoms with Gasteiger partial charge in [0.15, 0.2) is 0 Å². The summed E-state index contributed by atoms with van der Waals surface area (Å²) in [6.07, 6.45) is 14.0. The number of aryl methyl sites for hydroxylation is 2. The molecule has 3 nitrogen and oxygen atoms in total. The quantitative estimate of drug-likeness (QED) is 0.684. The highest BCUT2D eigenvalue weighted by atomic mass is 15.2. The number of nitrogens with one attached hydrogen (secondary N) is 1. The molecular weight excluding hydrogens is 306 g/mol. The molecule has 0 bridgehead atoms. The van der Waals surface area contributed by atoms with Gasteiger partial charge in [0.1, 0.15) is 5.65 Å². The molecule has 126 valence electrons. The van der Waals surface area contributed by atoms with Gasteiger partial charge in [0, 0.05) is 18.1 Å². The van der Waals surface area contributed by atoms with Crippen LogP contribution >= 0.6 is 0 Å². The Morgan fingerprint density at radius 2 is 1.96 bits per heavy atom. The molecule has 25 heavy (non-hydrogen) atoms. The lowest BCUT2D eigenvalue weighted by Crippen LogP contribution is -2.36. The summed E-state index contributed by atoms with van der Waals surface area (Å²) >= 11 is 0. The van der Waals surface area contributed by atoms with E-state index in [9.17, 15) is 0 Å². The Bertz CT molecular complexity index is 932. The van der Waals surface area contributed by atoms with Crippen LogP contribution in [0.1, 0.15) is 23.1 Å². The van der Waals surface area contributed by atoms with Crippen molar-refractivity contribution in [1.82, 2.24) is 9.97 Å². The molecule has 1 unspecified atom stereocenters. The molecule has 1 N–H and O–H groups in total. The maximum Gasteiger partial charge on any atom is 0.137 e. The summed E-state index contributed by atoms with van der Waals surface area (Å²) in [5.41, 5.74) is 6.00. The molecule has 0 amide bonds. The first kappa shape index (κ1) is 15.7. The van der Waals surface area contributed by atoms with E-state index in [0.29, 0.717) is 6.04 Å². The first-order valence-corrected chi connectivity index (χ1v) is 8.81. The molecule has 3 aromatic rings. The molecule has 1 aliphatic rings. The molecule has 0 saturated carbocycles. The Morgan fingerprint density at radius 3 is 2.80 bits per heavy atom. The summed E-state index contributed by atoms with van der Waals surface area (Å²) in [6.45, 7) is 5.22. The molecule has 3 heteroatoms. The Kier molecular flexibility index (Phi) is 4.14. The van der Waals surface area contributed by atoms with Gasteiger partial charge in [0.25, 0.3) is 0 Å². The summed E-state index contributed by atoms with van der Waals surface area (Å²) < 4.78 is 0. The number of rotatable bonds is 3. The van der Waals surface area contributed by atoms with Crippen molar-refractivity contribution in [3.05, 3.63) is 77.6 Å². The van der Waals surface area contributed by atoms with Crippen LogP contribution in [0.3, 0.4) is 0 Å². The van der Waals surface area contributed by atoms with E-state index in [-0.39, 0.29) is 0 Å². The number of H-pyrrole nitrogens is 1. The SMILES string of the molecule is Cc1ccc(C=CC2CC=CCN2c2cnc3[nH]ccc3c2C)cc1. The number of hydrogen-bond donors (Lipinski definition) is 1. The van der Waals surface area contributed by atoms with E-state index in [1.807, 2.05) is 12.4 Å². The molecular formula is C22H23N3. The topological polar surface area (TPSA) is 31.9 Å². The van der Waals surface area contributed by atoms with Crippen LogP contribution in [-0.2, 0) is 0 Å². The van der Waals surface area contributed by atoms with E-state index in [1.54, 1.807) is 0 Å². The van der Waals surface area contributed by atoms with E-state index in [0.717, 1.165) is 18.6 Å². The molecule has 0 radical (unpaired) electrons. The van der Waals surface area contributed by atoms with Crippen molar-refractivity contribution in [1.29, 1.82) is 0 Å². The van der Waals surface area contributed by atoms with E-state index >= 15 is 0 Å². The molecule has 2 aromatic heterocycles. The Hall–Kier alpha value is -2.81. The Morgan fingerprint density at radius 1 is 1.12 bits per heavy atom. The van der Waals surface area contributed by atoms with Gasteiger partial charge < -0.3 is 9.88 Å². The normalized spacial score (nSPS) is 17.7. The minimum atomic E-state index is 0.350. The molecule has 1 atom stereocenters. The average Bonchev–Trinajstić information content (AvgIpc) is 3.12. The highest BCUT2D eigenvalue weighted by Gasteiger charge is 2.20. The van der Waals surface area contributed by atoms with Crippen LogP contribution in [-0.4, -0.2) is 22.6 Å². The number of anilines is 1. The second kappa shape index (κ2) is 6.60. The van der Waals surface area contributed by atoms with Crippen LogP contribution < -0.4 is 4.90 Å². The molecule has 4 rings (SSSR count). The van der Waals surface area contributed by atoms with Crippen LogP contribution in [0.25, 0.3) is 17.1 Å². The number of nitrogens with zero attached hydrogens (tertiary/aromatic N) is 2. The van der Waals surface area contributed by atoms with E-state index in [2.05, 4.69) is 83.4 Å². The van der Waals surface area contributed by atoms with Crippen molar-refractivity contribution in [2.24, 2.45) is 0 Å². The van der Waals surface area contributed by atoms with Gasteiger partial charge in [-0.2, -0.15) is 0 Å².